The first-order valence-electron chi connectivity index (χ1n) is 8.14. The topological polar surface area (TPSA) is 70.6 Å². The molecule has 0 aromatic heterocycles. The van der Waals surface area contributed by atoms with E-state index in [0.717, 1.165) is 31.4 Å². The van der Waals surface area contributed by atoms with Gasteiger partial charge >= 0.3 is 6.03 Å². The fraction of sp³-hybridized carbons (Fsp3) is 0.588. The third kappa shape index (κ3) is 4.91. The molecule has 2 rings (SSSR count). The molecule has 0 saturated heterocycles. The van der Waals surface area contributed by atoms with Crippen LogP contribution < -0.4 is 15.4 Å². The van der Waals surface area contributed by atoms with Crippen LogP contribution in [0.3, 0.4) is 0 Å². The van der Waals surface area contributed by atoms with Crippen LogP contribution in [-0.4, -0.2) is 30.4 Å². The van der Waals surface area contributed by atoms with Gasteiger partial charge < -0.3 is 20.5 Å². The Labute approximate surface area is 132 Å². The average Bonchev–Trinajstić information content (AvgIpc) is 2.73. The molecule has 1 aliphatic rings. The number of carbonyl (C=O) groups is 1. The Kier molecular flexibility index (Phi) is 6.52. The van der Waals surface area contributed by atoms with Crippen LogP contribution in [0.25, 0.3) is 0 Å². The maximum Gasteiger partial charge on any atom is 0.319 e. The zero-order chi connectivity index (χ0) is 15.8. The van der Waals surface area contributed by atoms with E-state index in [-0.39, 0.29) is 24.6 Å². The van der Waals surface area contributed by atoms with Gasteiger partial charge in [0.1, 0.15) is 5.75 Å². The Morgan fingerprint density at radius 3 is 2.91 bits per heavy atom. The van der Waals surface area contributed by atoms with E-state index in [1.54, 1.807) is 6.07 Å². The third-order valence-electron chi connectivity index (χ3n) is 4.11. The van der Waals surface area contributed by atoms with E-state index in [4.69, 9.17) is 4.74 Å². The largest absolute Gasteiger partial charge is 0.494 e. The molecule has 1 aromatic carbocycles. The van der Waals surface area contributed by atoms with Gasteiger partial charge in [0.05, 0.1) is 6.61 Å². The fourth-order valence-electron chi connectivity index (χ4n) is 2.96. The minimum absolute atomic E-state index is 0.0441. The molecule has 22 heavy (non-hydrogen) atoms. The van der Waals surface area contributed by atoms with Gasteiger partial charge in [-0.15, -0.1) is 0 Å². The summed E-state index contributed by atoms with van der Waals surface area (Å²) >= 11 is 0. The van der Waals surface area contributed by atoms with Crippen molar-refractivity contribution < 1.29 is 14.6 Å². The van der Waals surface area contributed by atoms with Gasteiger partial charge in [0, 0.05) is 30.3 Å². The molecule has 1 saturated carbocycles. The van der Waals surface area contributed by atoms with Gasteiger partial charge in [0.15, 0.2) is 0 Å². The summed E-state index contributed by atoms with van der Waals surface area (Å²) in [6.45, 7) is 2.65. The van der Waals surface area contributed by atoms with Crippen LogP contribution in [0, 0.1) is 5.92 Å². The van der Waals surface area contributed by atoms with E-state index in [1.807, 2.05) is 25.1 Å². The smallest absolute Gasteiger partial charge is 0.319 e. The third-order valence-corrected chi connectivity index (χ3v) is 4.11. The Morgan fingerprint density at radius 2 is 2.14 bits per heavy atom. The van der Waals surface area contributed by atoms with Crippen molar-refractivity contribution in [2.75, 3.05) is 18.5 Å². The zero-order valence-electron chi connectivity index (χ0n) is 13.2. The maximum absolute atomic E-state index is 12.2. The second-order valence-corrected chi connectivity index (χ2v) is 5.75. The minimum Gasteiger partial charge on any atom is -0.494 e. The van der Waals surface area contributed by atoms with Crippen LogP contribution in [-0.2, 0) is 0 Å². The lowest BCUT2D eigenvalue weighted by molar-refractivity contribution is 0.182. The normalized spacial score (nSPS) is 21.7. The van der Waals surface area contributed by atoms with Crippen LogP contribution in [0.1, 0.15) is 39.0 Å². The summed E-state index contributed by atoms with van der Waals surface area (Å²) < 4.78 is 5.42. The highest BCUT2D eigenvalue weighted by Gasteiger charge is 2.24. The number of nitrogens with one attached hydrogen (secondary N) is 2. The van der Waals surface area contributed by atoms with E-state index >= 15 is 0 Å². The van der Waals surface area contributed by atoms with E-state index in [0.29, 0.717) is 12.3 Å². The predicted octanol–water partition coefficient (Wildman–Crippen LogP) is 3.15. The molecule has 2 amide bonds. The molecule has 3 N–H and O–H groups in total. The highest BCUT2D eigenvalue weighted by atomic mass is 16.5. The molecule has 1 aromatic rings. The van der Waals surface area contributed by atoms with Crippen molar-refractivity contribution in [3.8, 4) is 5.75 Å². The number of benzene rings is 1. The van der Waals surface area contributed by atoms with E-state index < -0.39 is 0 Å². The lowest BCUT2D eigenvalue weighted by Crippen LogP contribution is -2.43. The Morgan fingerprint density at radius 1 is 1.32 bits per heavy atom. The molecule has 0 spiro atoms. The number of amides is 2. The standard InChI is InChI=1S/C17H26N2O3/c1-2-22-15-9-6-8-14(11-15)18-17(21)19-16-10-5-3-4-7-13(16)12-20/h6,8-9,11,13,16,20H,2-5,7,10,12H2,1H3,(H2,18,19,21). The van der Waals surface area contributed by atoms with Crippen molar-refractivity contribution in [3.63, 3.8) is 0 Å². The Hall–Kier alpha value is -1.75. The summed E-state index contributed by atoms with van der Waals surface area (Å²) in [6.07, 6.45) is 5.30. The van der Waals surface area contributed by atoms with Gasteiger partial charge in [-0.2, -0.15) is 0 Å². The Bertz CT molecular complexity index is 479. The quantitative estimate of drug-likeness (QED) is 0.732. The van der Waals surface area contributed by atoms with Crippen molar-refractivity contribution in [2.24, 2.45) is 5.92 Å². The molecule has 0 bridgehead atoms. The van der Waals surface area contributed by atoms with Crippen LogP contribution in [0.5, 0.6) is 5.75 Å². The van der Waals surface area contributed by atoms with E-state index in [9.17, 15) is 9.90 Å². The highest BCUT2D eigenvalue weighted by Crippen LogP contribution is 2.23. The summed E-state index contributed by atoms with van der Waals surface area (Å²) in [5, 5.41) is 15.3. The highest BCUT2D eigenvalue weighted by molar-refractivity contribution is 5.89. The summed E-state index contributed by atoms with van der Waals surface area (Å²) in [7, 11) is 0. The summed E-state index contributed by atoms with van der Waals surface area (Å²) in [5.41, 5.74) is 0.706. The first-order valence-corrected chi connectivity index (χ1v) is 8.14. The second kappa shape index (κ2) is 8.63. The van der Waals surface area contributed by atoms with Gasteiger partial charge in [-0.1, -0.05) is 25.3 Å². The molecule has 1 aliphatic carbocycles. The van der Waals surface area contributed by atoms with Crippen LogP contribution >= 0.6 is 0 Å². The number of anilines is 1. The first-order chi connectivity index (χ1) is 10.7. The van der Waals surface area contributed by atoms with Crippen molar-refractivity contribution in [3.05, 3.63) is 24.3 Å². The number of hydrogen-bond donors (Lipinski definition) is 3. The number of aliphatic hydroxyl groups excluding tert-OH is 1. The molecular weight excluding hydrogens is 280 g/mol. The van der Waals surface area contributed by atoms with Crippen LogP contribution in [0.15, 0.2) is 24.3 Å². The van der Waals surface area contributed by atoms with Gasteiger partial charge in [-0.25, -0.2) is 4.79 Å². The fourth-order valence-corrected chi connectivity index (χ4v) is 2.96. The van der Waals surface area contributed by atoms with Gasteiger partial charge in [-0.3, -0.25) is 0 Å². The second-order valence-electron chi connectivity index (χ2n) is 5.75. The van der Waals surface area contributed by atoms with Crippen molar-refractivity contribution in [2.45, 2.75) is 45.1 Å². The van der Waals surface area contributed by atoms with Gasteiger partial charge in [0.25, 0.3) is 0 Å². The van der Waals surface area contributed by atoms with Crippen molar-refractivity contribution in [1.29, 1.82) is 0 Å². The number of carbonyl (C=O) groups excluding carboxylic acids is 1. The molecule has 5 heteroatoms. The van der Waals surface area contributed by atoms with E-state index in [1.165, 1.54) is 6.42 Å². The molecule has 0 radical (unpaired) electrons. The molecule has 0 heterocycles. The molecule has 0 aliphatic heterocycles. The monoisotopic (exact) mass is 306 g/mol. The van der Waals surface area contributed by atoms with Gasteiger partial charge in [0.2, 0.25) is 0 Å². The summed E-state index contributed by atoms with van der Waals surface area (Å²) in [5.74, 6) is 0.894. The lowest BCUT2D eigenvalue weighted by atomic mass is 9.96. The number of ether oxygens (including phenoxy) is 1. The zero-order valence-corrected chi connectivity index (χ0v) is 13.2. The molecule has 122 valence electrons. The van der Waals surface area contributed by atoms with Crippen molar-refractivity contribution in [1.82, 2.24) is 5.32 Å². The minimum atomic E-state index is -0.223. The van der Waals surface area contributed by atoms with Crippen LogP contribution in [0.2, 0.25) is 0 Å². The predicted molar refractivity (Wildman–Crippen MR) is 87.2 cm³/mol. The maximum atomic E-state index is 12.2. The molecule has 2 unspecified atom stereocenters. The Balaban J connectivity index is 1.92. The SMILES string of the molecule is CCOc1cccc(NC(=O)NC2CCCCCC2CO)c1. The number of rotatable bonds is 5. The summed E-state index contributed by atoms with van der Waals surface area (Å²) in [6, 6.07) is 7.17. The average molecular weight is 306 g/mol. The van der Waals surface area contributed by atoms with Crippen molar-refractivity contribution >= 4 is 11.7 Å². The summed E-state index contributed by atoms with van der Waals surface area (Å²) in [4.78, 5) is 12.2. The van der Waals surface area contributed by atoms with Gasteiger partial charge in [-0.05, 0) is 31.9 Å². The first kappa shape index (κ1) is 16.6. The van der Waals surface area contributed by atoms with Crippen LogP contribution in [0.4, 0.5) is 10.5 Å². The molecule has 5 nitrogen and oxygen atoms in total. The van der Waals surface area contributed by atoms with E-state index in [2.05, 4.69) is 10.6 Å². The molecule has 2 atom stereocenters. The molecular formula is C17H26N2O3. The number of hydrogen-bond acceptors (Lipinski definition) is 3. The number of urea groups is 1. The molecule has 1 fully saturated rings. The lowest BCUT2D eigenvalue weighted by Gasteiger charge is -2.24. The number of aliphatic hydroxyl groups is 1.